The van der Waals surface area contributed by atoms with Gasteiger partial charge < -0.3 is 19.1 Å². The number of carbonyl (C=O) groups is 1. The van der Waals surface area contributed by atoms with Gasteiger partial charge in [0.15, 0.2) is 32.9 Å². The quantitative estimate of drug-likeness (QED) is 0.183. The van der Waals surface area contributed by atoms with Gasteiger partial charge in [0.05, 0.1) is 24.6 Å². The molecule has 1 aromatic heterocycles. The highest BCUT2D eigenvalue weighted by Crippen LogP contribution is 2.39. The Hall–Kier alpha value is -4.96. The van der Waals surface area contributed by atoms with E-state index in [0.717, 1.165) is 11.1 Å². The van der Waals surface area contributed by atoms with Crippen LogP contribution >= 0.6 is 0 Å². The monoisotopic (exact) mass is 626 g/mol. The summed E-state index contributed by atoms with van der Waals surface area (Å²) in [5.41, 5.74) is 2.63. The summed E-state index contributed by atoms with van der Waals surface area (Å²) in [5, 5.41) is -0.740. The fraction of sp³-hybridized carbons (Fsp3) is 0.200. The van der Waals surface area contributed by atoms with Crippen molar-refractivity contribution in [2.75, 3.05) is 25.7 Å². The molecule has 1 aliphatic heterocycles. The van der Waals surface area contributed by atoms with Crippen molar-refractivity contribution in [2.45, 2.75) is 23.5 Å². The number of rotatable bonds is 9. The molecule has 5 aromatic rings. The van der Waals surface area contributed by atoms with Gasteiger partial charge in [0, 0.05) is 41.9 Å². The molecule has 1 aliphatic rings. The number of benzene rings is 4. The summed E-state index contributed by atoms with van der Waals surface area (Å²) in [4.78, 5) is 19.7. The molecule has 0 saturated carbocycles. The lowest BCUT2D eigenvalue weighted by Gasteiger charge is -2.18. The number of halogens is 1. The first-order valence-corrected chi connectivity index (χ1v) is 15.9. The van der Waals surface area contributed by atoms with Gasteiger partial charge >= 0.3 is 0 Å². The Labute approximate surface area is 260 Å². The van der Waals surface area contributed by atoms with Crippen molar-refractivity contribution in [1.29, 1.82) is 0 Å². The van der Waals surface area contributed by atoms with E-state index < -0.39 is 32.7 Å². The molecule has 10 heteroatoms. The lowest BCUT2D eigenvalue weighted by atomic mass is 9.98. The predicted octanol–water partition coefficient (Wildman–Crippen LogP) is 6.54. The van der Waals surface area contributed by atoms with Gasteiger partial charge in [-0.3, -0.25) is 9.78 Å². The molecule has 1 fully saturated rings. The van der Waals surface area contributed by atoms with Crippen LogP contribution in [-0.2, 0) is 21.1 Å². The normalized spacial score (nSPS) is 16.6. The fourth-order valence-corrected chi connectivity index (χ4v) is 7.64. The molecule has 4 aromatic carbocycles. The molecular weight excluding hydrogens is 595 g/mol. The average Bonchev–Trinajstić information content (AvgIpc) is 3.37. The van der Waals surface area contributed by atoms with Crippen molar-refractivity contribution in [2.24, 2.45) is 5.92 Å². The number of sulfone groups is 1. The highest BCUT2D eigenvalue weighted by atomic mass is 32.2. The first kappa shape index (κ1) is 30.1. The molecule has 45 heavy (non-hydrogen) atoms. The third kappa shape index (κ3) is 5.81. The maximum absolute atomic E-state index is 15.6. The molecule has 0 bridgehead atoms. The number of amides is 1. The van der Waals surface area contributed by atoms with Gasteiger partial charge in [-0.25, -0.2) is 12.8 Å². The molecule has 2 heterocycles. The minimum Gasteiger partial charge on any atom is -0.493 e. The summed E-state index contributed by atoms with van der Waals surface area (Å²) in [6.45, 7) is 1.98. The van der Waals surface area contributed by atoms with Crippen LogP contribution in [0.3, 0.4) is 0 Å². The lowest BCUT2D eigenvalue weighted by Crippen LogP contribution is -2.36. The molecule has 2 atom stereocenters. The van der Waals surface area contributed by atoms with Gasteiger partial charge in [-0.15, -0.1) is 0 Å². The maximum Gasteiger partial charge on any atom is 0.246 e. The van der Waals surface area contributed by atoms with Crippen LogP contribution in [0.5, 0.6) is 23.0 Å². The van der Waals surface area contributed by atoms with E-state index in [0.29, 0.717) is 34.6 Å². The number of pyridine rings is 1. The Bertz CT molecular complexity index is 1980. The second-order valence-electron chi connectivity index (χ2n) is 10.9. The number of ether oxygens (including phenoxy) is 3. The van der Waals surface area contributed by atoms with Crippen LogP contribution < -0.4 is 19.1 Å². The first-order valence-electron chi connectivity index (χ1n) is 14.3. The van der Waals surface area contributed by atoms with Gasteiger partial charge in [0.25, 0.3) is 0 Å². The Balaban J connectivity index is 1.32. The Morgan fingerprint density at radius 2 is 1.58 bits per heavy atom. The van der Waals surface area contributed by atoms with Crippen molar-refractivity contribution in [3.05, 3.63) is 114 Å². The highest BCUT2D eigenvalue weighted by Gasteiger charge is 2.49. The van der Waals surface area contributed by atoms with E-state index in [1.54, 1.807) is 42.6 Å². The number of hydrogen-bond donors (Lipinski definition) is 0. The van der Waals surface area contributed by atoms with Crippen LogP contribution in [0.25, 0.3) is 10.9 Å². The molecule has 230 valence electrons. The van der Waals surface area contributed by atoms with Crippen molar-refractivity contribution in [3.63, 3.8) is 0 Å². The summed E-state index contributed by atoms with van der Waals surface area (Å²) in [5.74, 6) is -0.629. The average molecular weight is 627 g/mol. The van der Waals surface area contributed by atoms with Crippen molar-refractivity contribution in [3.8, 4) is 23.0 Å². The smallest absolute Gasteiger partial charge is 0.246 e. The second kappa shape index (κ2) is 12.2. The Morgan fingerprint density at radius 3 is 2.27 bits per heavy atom. The van der Waals surface area contributed by atoms with E-state index in [9.17, 15) is 13.2 Å². The van der Waals surface area contributed by atoms with Crippen LogP contribution in [0.15, 0.2) is 102 Å². The Morgan fingerprint density at radius 1 is 0.867 bits per heavy atom. The molecule has 0 N–H and O–H groups in total. The molecule has 0 spiro atoms. The number of anilines is 1. The second-order valence-corrected chi connectivity index (χ2v) is 13.0. The Kier molecular flexibility index (Phi) is 8.16. The summed E-state index contributed by atoms with van der Waals surface area (Å²) >= 11 is 0. The van der Waals surface area contributed by atoms with Crippen LogP contribution in [0.4, 0.5) is 10.1 Å². The molecule has 1 amide bonds. The number of carbonyl (C=O) groups excluding carboxylic acids is 1. The lowest BCUT2D eigenvalue weighted by molar-refractivity contribution is -0.117. The van der Waals surface area contributed by atoms with E-state index in [1.807, 2.05) is 37.3 Å². The van der Waals surface area contributed by atoms with Gasteiger partial charge in [-0.05, 0) is 55.3 Å². The van der Waals surface area contributed by atoms with Crippen LogP contribution in [0.1, 0.15) is 11.1 Å². The number of fused-ring (bicyclic) bond motifs is 1. The number of aromatic nitrogens is 1. The van der Waals surface area contributed by atoms with E-state index in [1.165, 1.54) is 43.4 Å². The topological polar surface area (TPSA) is 95.0 Å². The maximum atomic E-state index is 15.6. The first-order chi connectivity index (χ1) is 21.7. The number of hydrogen-bond acceptors (Lipinski definition) is 7. The minimum absolute atomic E-state index is 0.0719. The van der Waals surface area contributed by atoms with E-state index in [2.05, 4.69) is 4.98 Å². The van der Waals surface area contributed by atoms with E-state index in [4.69, 9.17) is 14.2 Å². The summed E-state index contributed by atoms with van der Waals surface area (Å²) in [7, 11) is -1.00. The van der Waals surface area contributed by atoms with Crippen molar-refractivity contribution >= 4 is 32.3 Å². The molecule has 6 rings (SSSR count). The molecule has 0 radical (unpaired) electrons. The zero-order valence-electron chi connectivity index (χ0n) is 24.9. The van der Waals surface area contributed by atoms with Gasteiger partial charge in [-0.1, -0.05) is 48.0 Å². The van der Waals surface area contributed by atoms with E-state index >= 15 is 4.39 Å². The summed E-state index contributed by atoms with van der Waals surface area (Å²) in [6.07, 6.45) is 1.91. The highest BCUT2D eigenvalue weighted by molar-refractivity contribution is 7.92. The van der Waals surface area contributed by atoms with E-state index in [-0.39, 0.29) is 22.9 Å². The summed E-state index contributed by atoms with van der Waals surface area (Å²) < 4.78 is 60.1. The fourth-order valence-electron chi connectivity index (χ4n) is 5.75. The SMILES string of the molecule is COc1cc2nccc(Oc3ccc(N4CC(Cc5ccccc5)C(S(=O)(=O)c5ccc(C)cc5)C4=O)cc3F)c2cc1OC. The number of nitrogens with zero attached hydrogens (tertiary/aromatic N) is 2. The minimum atomic E-state index is -4.04. The van der Waals surface area contributed by atoms with Crippen LogP contribution in [-0.4, -0.2) is 45.3 Å². The zero-order chi connectivity index (χ0) is 31.7. The number of aryl methyl sites for hydroxylation is 1. The van der Waals surface area contributed by atoms with Gasteiger partial charge in [0.1, 0.15) is 11.0 Å². The zero-order valence-corrected chi connectivity index (χ0v) is 25.8. The van der Waals surface area contributed by atoms with Crippen LogP contribution in [0, 0.1) is 18.7 Å². The summed E-state index contributed by atoms with van der Waals surface area (Å²) in [6, 6.07) is 25.1. The van der Waals surface area contributed by atoms with Crippen LogP contribution in [0.2, 0.25) is 0 Å². The molecule has 8 nitrogen and oxygen atoms in total. The molecule has 2 unspecified atom stereocenters. The van der Waals surface area contributed by atoms with Crippen molar-refractivity contribution < 1.29 is 31.8 Å². The largest absolute Gasteiger partial charge is 0.493 e. The number of methoxy groups -OCH3 is 2. The molecular formula is C35H31FN2O6S. The standard InChI is InChI=1S/C35H31FN2O6S/c1-22-9-12-26(13-10-22)45(40,41)34-24(17-23-7-5-4-6-8-23)21-38(35(34)39)25-11-14-31(28(36)18-25)44-30-15-16-37-29-20-33(43-3)32(42-2)19-27(29)30/h4-16,18-20,24,34H,17,21H2,1-3H3. The molecule has 1 saturated heterocycles. The van der Waals surface area contributed by atoms with Gasteiger partial charge in [0.2, 0.25) is 5.91 Å². The van der Waals surface area contributed by atoms with Crippen molar-refractivity contribution in [1.82, 2.24) is 4.98 Å². The predicted molar refractivity (Wildman–Crippen MR) is 169 cm³/mol. The third-order valence-electron chi connectivity index (χ3n) is 8.03. The third-order valence-corrected chi connectivity index (χ3v) is 10.2. The molecule has 0 aliphatic carbocycles. The van der Waals surface area contributed by atoms with Gasteiger partial charge in [-0.2, -0.15) is 0 Å².